The molecule has 6 atom stereocenters. The van der Waals surface area contributed by atoms with Crippen molar-refractivity contribution in [1.82, 2.24) is 5.32 Å². The highest BCUT2D eigenvalue weighted by atomic mass is 16.7. The fourth-order valence-electron chi connectivity index (χ4n) is 10.8. The van der Waals surface area contributed by atoms with E-state index in [1.54, 1.807) is 20.8 Å². The van der Waals surface area contributed by atoms with E-state index in [0.29, 0.717) is 24.3 Å². The second kappa shape index (κ2) is 13.5. The van der Waals surface area contributed by atoms with E-state index in [1.165, 1.54) is 16.7 Å². The van der Waals surface area contributed by atoms with E-state index in [4.69, 9.17) is 14.2 Å². The van der Waals surface area contributed by atoms with Gasteiger partial charge in [-0.2, -0.15) is 0 Å². The molecule has 2 N–H and O–H groups in total. The number of hydrogen-bond donors (Lipinski definition) is 2. The number of hydrogen-bond acceptors (Lipinski definition) is 7. The number of amides is 3. The average Bonchev–Trinajstić information content (AvgIpc) is 3.03. The Morgan fingerprint density at radius 2 is 1.15 bits per heavy atom. The van der Waals surface area contributed by atoms with Crippen molar-refractivity contribution in [2.45, 2.75) is 155 Å². The van der Waals surface area contributed by atoms with Crippen molar-refractivity contribution < 1.29 is 33.4 Å². The largest absolute Gasteiger partial charge is 0.514 e. The lowest BCUT2D eigenvalue weighted by Gasteiger charge is -2.56. The summed E-state index contributed by atoms with van der Waals surface area (Å²) in [4.78, 5) is 54.3. The number of fused-ring (bicyclic) bond motifs is 6. The van der Waals surface area contributed by atoms with Gasteiger partial charge in [-0.1, -0.05) is 52.7 Å². The summed E-state index contributed by atoms with van der Waals surface area (Å²) >= 11 is 0. The third kappa shape index (κ3) is 7.34. The zero-order valence-corrected chi connectivity index (χ0v) is 33.5. The highest BCUT2D eigenvalue weighted by Crippen LogP contribution is 2.60. The maximum Gasteiger partial charge on any atom is 0.514 e. The maximum absolute atomic E-state index is 14.6. The Hall–Kier alpha value is -3.88. The first kappa shape index (κ1) is 38.8. The third-order valence-electron chi connectivity index (χ3n) is 13.2. The van der Waals surface area contributed by atoms with Crippen molar-refractivity contribution in [2.24, 2.45) is 22.7 Å². The minimum Gasteiger partial charge on any atom is -0.444 e. The number of benzene rings is 2. The van der Waals surface area contributed by atoms with E-state index in [9.17, 15) is 19.2 Å². The maximum atomic E-state index is 14.6. The molecule has 0 radical (unpaired) electrons. The lowest BCUT2D eigenvalue weighted by atomic mass is 9.49. The molecule has 288 valence electrons. The molecule has 3 amide bonds. The smallest absolute Gasteiger partial charge is 0.444 e. The van der Waals surface area contributed by atoms with Crippen molar-refractivity contribution in [1.29, 1.82) is 0 Å². The Bertz CT molecular complexity index is 1680. The Morgan fingerprint density at radius 1 is 0.660 bits per heavy atom. The van der Waals surface area contributed by atoms with Gasteiger partial charge in [-0.05, 0) is 162 Å². The van der Waals surface area contributed by atoms with Gasteiger partial charge >= 0.3 is 12.2 Å². The van der Waals surface area contributed by atoms with Gasteiger partial charge in [-0.3, -0.25) is 20.2 Å². The first-order valence-electron chi connectivity index (χ1n) is 19.6. The molecule has 6 rings (SSSR count). The van der Waals surface area contributed by atoms with Gasteiger partial charge in [0, 0.05) is 5.69 Å². The van der Waals surface area contributed by atoms with Crippen LogP contribution in [0.15, 0.2) is 36.4 Å². The van der Waals surface area contributed by atoms with Crippen molar-refractivity contribution >= 4 is 29.8 Å². The first-order chi connectivity index (χ1) is 24.6. The molecule has 2 saturated carbocycles. The van der Waals surface area contributed by atoms with Crippen molar-refractivity contribution in [3.63, 3.8) is 0 Å². The van der Waals surface area contributed by atoms with Crippen molar-refractivity contribution in [3.05, 3.63) is 58.7 Å². The summed E-state index contributed by atoms with van der Waals surface area (Å²) in [6, 6.07) is 11.9. The summed E-state index contributed by atoms with van der Waals surface area (Å²) in [6.07, 6.45) is 7.03. The van der Waals surface area contributed by atoms with Crippen LogP contribution in [0.3, 0.4) is 0 Å². The second-order valence-electron chi connectivity index (χ2n) is 19.2. The van der Waals surface area contributed by atoms with Gasteiger partial charge in [-0.25, -0.2) is 9.59 Å². The lowest BCUT2D eigenvalue weighted by molar-refractivity contribution is -0.150. The molecular formula is C44H60N2O7. The number of carbonyl (C=O) groups excluding carboxylic acids is 4. The number of anilines is 1. The zero-order chi connectivity index (χ0) is 38.8. The van der Waals surface area contributed by atoms with Crippen LogP contribution in [-0.4, -0.2) is 35.3 Å². The molecule has 0 saturated heterocycles. The quantitative estimate of drug-likeness (QED) is 0.183. The summed E-state index contributed by atoms with van der Waals surface area (Å²) in [6.45, 7) is 19.5. The molecule has 2 fully saturated rings. The minimum atomic E-state index is -0.752. The first-order valence-corrected chi connectivity index (χ1v) is 19.6. The Labute approximate surface area is 315 Å². The zero-order valence-electron chi connectivity index (χ0n) is 33.5. The SMILES string of the molecule is CC(C)(C)OC(=O)Nc1ccc2c(c1)[C@@]1(C)CCC[C@](C)(C(=O)NC(=O)[C@@]3(C)CCC[C@]4(C)c5cc(OC(=O)OC(C)(C)C)ccc5CC[C@@H]34)[C@@H]1CC2. The Morgan fingerprint density at radius 3 is 1.66 bits per heavy atom. The second-order valence-corrected chi connectivity index (χ2v) is 19.2. The molecular weight excluding hydrogens is 668 g/mol. The number of nitrogens with one attached hydrogen (secondary N) is 2. The normalized spacial score (nSPS) is 30.7. The van der Waals surface area contributed by atoms with Gasteiger partial charge in [0.1, 0.15) is 17.0 Å². The van der Waals surface area contributed by atoms with Crippen LogP contribution in [0.25, 0.3) is 0 Å². The van der Waals surface area contributed by atoms with E-state index >= 15 is 0 Å². The summed E-state index contributed by atoms with van der Waals surface area (Å²) in [5, 5.41) is 5.94. The van der Waals surface area contributed by atoms with Crippen molar-refractivity contribution in [3.8, 4) is 5.75 Å². The molecule has 9 heteroatoms. The molecule has 0 unspecified atom stereocenters. The van der Waals surface area contributed by atoms with Crippen molar-refractivity contribution in [2.75, 3.05) is 5.32 Å². The summed E-state index contributed by atoms with van der Waals surface area (Å²) in [5.74, 6) is 0.0963. The minimum absolute atomic E-state index is 0.00251. The van der Waals surface area contributed by atoms with E-state index in [2.05, 4.69) is 43.5 Å². The molecule has 0 bridgehead atoms. The topological polar surface area (TPSA) is 120 Å². The molecule has 2 aromatic carbocycles. The van der Waals surface area contributed by atoms with Gasteiger partial charge in [0.05, 0.1) is 10.8 Å². The van der Waals surface area contributed by atoms with Gasteiger partial charge in [0.25, 0.3) is 0 Å². The molecule has 9 nitrogen and oxygen atoms in total. The van der Waals surface area contributed by atoms with Gasteiger partial charge in [-0.15, -0.1) is 0 Å². The van der Waals surface area contributed by atoms with Crippen LogP contribution < -0.4 is 15.4 Å². The molecule has 2 aromatic rings. The highest BCUT2D eigenvalue weighted by Gasteiger charge is 2.58. The molecule has 0 aliphatic heterocycles. The Kier molecular flexibility index (Phi) is 9.86. The molecule has 53 heavy (non-hydrogen) atoms. The van der Waals surface area contributed by atoms with Crippen LogP contribution in [0, 0.1) is 22.7 Å². The number of aryl methyl sites for hydroxylation is 2. The molecule has 0 spiro atoms. The number of carbonyl (C=O) groups is 4. The van der Waals surface area contributed by atoms with Gasteiger partial charge in [0.2, 0.25) is 11.8 Å². The van der Waals surface area contributed by atoms with E-state index in [0.717, 1.165) is 56.9 Å². The summed E-state index contributed by atoms with van der Waals surface area (Å²) < 4.78 is 16.5. The number of imide groups is 1. The standard InChI is InChI=1S/C44H60N2O7/c1-39(2,3)52-37(49)45-29-17-13-27-15-19-33-41(7,31(27)25-29)21-11-23-43(33,9)35(47)46-36(48)44(10)24-12-22-42(8)32-26-30(51-38(50)53-40(4,5)6)18-14-28(32)16-20-34(42)44/h13-14,17-18,25-26,33-34H,11-12,15-16,19-24H2,1-10H3,(H,45,49)(H,46,47,48)/t33-,34-,41-,42-,43+,44+/m1/s1. The van der Waals surface area contributed by atoms with Crippen LogP contribution in [0.2, 0.25) is 0 Å². The van der Waals surface area contributed by atoms with Gasteiger partial charge < -0.3 is 14.2 Å². The predicted octanol–water partition coefficient (Wildman–Crippen LogP) is 9.71. The lowest BCUT2D eigenvalue weighted by Crippen LogP contribution is -2.60. The predicted molar refractivity (Wildman–Crippen MR) is 205 cm³/mol. The molecule has 0 heterocycles. The van der Waals surface area contributed by atoms with E-state index in [-0.39, 0.29) is 34.5 Å². The average molecular weight is 729 g/mol. The number of rotatable bonds is 4. The van der Waals surface area contributed by atoms with Gasteiger partial charge in [0.15, 0.2) is 0 Å². The van der Waals surface area contributed by atoms with Crippen LogP contribution in [0.1, 0.15) is 143 Å². The van der Waals surface area contributed by atoms with Crippen LogP contribution in [0.4, 0.5) is 15.3 Å². The monoisotopic (exact) mass is 728 g/mol. The summed E-state index contributed by atoms with van der Waals surface area (Å²) in [5.41, 5.74) is 1.99. The Balaban J connectivity index is 1.22. The fraction of sp³-hybridized carbons (Fsp3) is 0.636. The third-order valence-corrected chi connectivity index (χ3v) is 13.2. The number of ether oxygens (including phenoxy) is 3. The fourth-order valence-corrected chi connectivity index (χ4v) is 10.8. The van der Waals surface area contributed by atoms with Crippen LogP contribution >= 0.6 is 0 Å². The van der Waals surface area contributed by atoms with Crippen LogP contribution in [0.5, 0.6) is 5.75 Å². The molecule has 4 aliphatic rings. The molecule has 4 aliphatic carbocycles. The van der Waals surface area contributed by atoms with E-state index < -0.39 is 34.3 Å². The van der Waals surface area contributed by atoms with E-state index in [1.807, 2.05) is 52.0 Å². The molecule has 0 aromatic heterocycles. The van der Waals surface area contributed by atoms with Crippen LogP contribution in [-0.2, 0) is 42.7 Å². The highest BCUT2D eigenvalue weighted by molar-refractivity contribution is 6.01. The summed E-state index contributed by atoms with van der Waals surface area (Å²) in [7, 11) is 0.